The Hall–Kier alpha value is -2.75. The monoisotopic (exact) mass is 378 g/mol. The number of hydrogen-bond acceptors (Lipinski definition) is 8. The lowest BCUT2D eigenvalue weighted by molar-refractivity contribution is -0.146. The van der Waals surface area contributed by atoms with E-state index in [9.17, 15) is 13.2 Å². The largest absolute Gasteiger partial charge is 0.454 e. The standard InChI is InChI=1S/C16H18N4O5S/c1-9(2)14-18-13(25-19-14)8-24-16(21)10(3)17-15-11-6-4-5-7-12(11)26(22,23)20-15/h4-7,9-10H,8H2,1-3H3,(H,17,20)/t10-/m0/s1. The smallest absolute Gasteiger partial charge is 0.331 e. The third-order valence-corrected chi connectivity index (χ3v) is 5.06. The van der Waals surface area contributed by atoms with Crippen molar-refractivity contribution in [2.24, 2.45) is 4.99 Å². The minimum absolute atomic E-state index is 0.101. The Bertz CT molecular complexity index is 965. The molecule has 10 heteroatoms. The summed E-state index contributed by atoms with van der Waals surface area (Å²) in [7, 11) is -3.65. The summed E-state index contributed by atoms with van der Waals surface area (Å²) >= 11 is 0. The molecule has 1 aromatic heterocycles. The molecular formula is C16H18N4O5S. The second-order valence-corrected chi connectivity index (χ2v) is 7.71. The van der Waals surface area contributed by atoms with E-state index >= 15 is 0 Å². The van der Waals surface area contributed by atoms with Gasteiger partial charge in [0.15, 0.2) is 12.4 Å². The number of hydrogen-bond donors (Lipinski definition) is 1. The molecule has 1 aliphatic rings. The summed E-state index contributed by atoms with van der Waals surface area (Å²) in [5.74, 6) is 0.300. The van der Waals surface area contributed by atoms with Crippen LogP contribution in [0.3, 0.4) is 0 Å². The molecule has 1 atom stereocenters. The molecule has 1 aliphatic heterocycles. The highest BCUT2D eigenvalue weighted by molar-refractivity contribution is 7.90. The highest BCUT2D eigenvalue weighted by atomic mass is 32.2. The first-order chi connectivity index (χ1) is 12.3. The van der Waals surface area contributed by atoms with Crippen LogP contribution >= 0.6 is 0 Å². The molecule has 3 rings (SSSR count). The van der Waals surface area contributed by atoms with Crippen molar-refractivity contribution in [3.05, 3.63) is 41.5 Å². The topological polar surface area (TPSA) is 124 Å². The van der Waals surface area contributed by atoms with Gasteiger partial charge in [0.05, 0.1) is 4.90 Å². The van der Waals surface area contributed by atoms with Crippen molar-refractivity contribution in [2.45, 2.75) is 44.2 Å². The zero-order chi connectivity index (χ0) is 18.9. The number of sulfonamides is 1. The van der Waals surface area contributed by atoms with Crippen LogP contribution in [-0.2, 0) is 26.2 Å². The summed E-state index contributed by atoms with van der Waals surface area (Å²) in [5, 5.41) is 3.78. The van der Waals surface area contributed by atoms with Crippen LogP contribution in [0.25, 0.3) is 0 Å². The number of amidine groups is 1. The van der Waals surface area contributed by atoms with Gasteiger partial charge in [-0.1, -0.05) is 31.1 Å². The Morgan fingerprint density at radius 2 is 2.04 bits per heavy atom. The van der Waals surface area contributed by atoms with Gasteiger partial charge in [-0.3, -0.25) is 9.71 Å². The molecule has 0 aliphatic carbocycles. The fourth-order valence-corrected chi connectivity index (χ4v) is 3.53. The SMILES string of the molecule is CC(C)c1noc(COC(=O)[C@H](C)N=C2NS(=O)(=O)c3ccccc32)n1. The van der Waals surface area contributed by atoms with E-state index in [0.717, 1.165) is 0 Å². The average Bonchev–Trinajstić information content (AvgIpc) is 3.16. The lowest BCUT2D eigenvalue weighted by atomic mass is 10.2. The van der Waals surface area contributed by atoms with Crippen LogP contribution in [0.5, 0.6) is 0 Å². The molecule has 0 amide bonds. The maximum atomic E-state index is 12.1. The molecule has 0 spiro atoms. The lowest BCUT2D eigenvalue weighted by Crippen LogP contribution is -2.26. The van der Waals surface area contributed by atoms with Crippen LogP contribution in [0.4, 0.5) is 0 Å². The molecule has 1 aromatic carbocycles. The summed E-state index contributed by atoms with van der Waals surface area (Å²) in [5.41, 5.74) is 0.422. The minimum atomic E-state index is -3.65. The molecule has 9 nitrogen and oxygen atoms in total. The van der Waals surface area contributed by atoms with Crippen LogP contribution in [0.1, 0.15) is 44.0 Å². The maximum Gasteiger partial charge on any atom is 0.331 e. The molecule has 138 valence electrons. The van der Waals surface area contributed by atoms with Crippen molar-refractivity contribution in [1.82, 2.24) is 14.9 Å². The van der Waals surface area contributed by atoms with E-state index in [1.54, 1.807) is 18.2 Å². The maximum absolute atomic E-state index is 12.1. The normalized spacial score (nSPS) is 17.8. The number of fused-ring (bicyclic) bond motifs is 1. The summed E-state index contributed by atoms with van der Waals surface area (Å²) in [6.07, 6.45) is 0. The minimum Gasteiger partial charge on any atom is -0.454 e. The van der Waals surface area contributed by atoms with Gasteiger partial charge in [0.2, 0.25) is 0 Å². The fourth-order valence-electron chi connectivity index (χ4n) is 2.29. The predicted molar refractivity (Wildman–Crippen MR) is 90.9 cm³/mol. The Morgan fingerprint density at radius 3 is 2.73 bits per heavy atom. The second-order valence-electron chi connectivity index (χ2n) is 6.06. The van der Waals surface area contributed by atoms with Crippen molar-refractivity contribution in [2.75, 3.05) is 0 Å². The van der Waals surface area contributed by atoms with Gasteiger partial charge in [-0.25, -0.2) is 13.2 Å². The number of benzene rings is 1. The van der Waals surface area contributed by atoms with E-state index in [4.69, 9.17) is 9.26 Å². The fraction of sp³-hybridized carbons (Fsp3) is 0.375. The summed E-state index contributed by atoms with van der Waals surface area (Å²) in [6, 6.07) is 5.50. The molecule has 0 fully saturated rings. The highest BCUT2D eigenvalue weighted by Gasteiger charge is 2.31. The van der Waals surface area contributed by atoms with Crippen LogP contribution < -0.4 is 4.72 Å². The lowest BCUT2D eigenvalue weighted by Gasteiger charge is -2.07. The molecule has 26 heavy (non-hydrogen) atoms. The Labute approximate surface area is 150 Å². The van der Waals surface area contributed by atoms with Gasteiger partial charge in [0.1, 0.15) is 11.9 Å². The Balaban J connectivity index is 1.68. The van der Waals surface area contributed by atoms with Crippen LogP contribution in [0.2, 0.25) is 0 Å². The molecule has 2 heterocycles. The summed E-state index contributed by atoms with van der Waals surface area (Å²) in [6.45, 7) is 5.17. The number of nitrogens with zero attached hydrogens (tertiary/aromatic N) is 3. The Morgan fingerprint density at radius 1 is 1.31 bits per heavy atom. The number of esters is 1. The molecule has 0 radical (unpaired) electrons. The number of aromatic nitrogens is 2. The van der Waals surface area contributed by atoms with E-state index in [2.05, 4.69) is 19.9 Å². The van der Waals surface area contributed by atoms with Crippen molar-refractivity contribution in [3.63, 3.8) is 0 Å². The number of aliphatic imine (C=N–C) groups is 1. The van der Waals surface area contributed by atoms with Crippen molar-refractivity contribution in [3.8, 4) is 0 Å². The van der Waals surface area contributed by atoms with Gasteiger partial charge in [-0.2, -0.15) is 4.98 Å². The van der Waals surface area contributed by atoms with Crippen LogP contribution in [0, 0.1) is 0 Å². The number of ether oxygens (including phenoxy) is 1. The van der Waals surface area contributed by atoms with Gasteiger partial charge >= 0.3 is 5.97 Å². The molecule has 1 N–H and O–H groups in total. The summed E-state index contributed by atoms with van der Waals surface area (Å²) < 4.78 is 36.5. The van der Waals surface area contributed by atoms with Gasteiger partial charge < -0.3 is 9.26 Å². The summed E-state index contributed by atoms with van der Waals surface area (Å²) in [4.78, 5) is 20.5. The first kappa shape index (κ1) is 18.1. The van der Waals surface area contributed by atoms with Crippen molar-refractivity contribution in [1.29, 1.82) is 0 Å². The molecule has 0 saturated heterocycles. The average molecular weight is 378 g/mol. The zero-order valence-electron chi connectivity index (χ0n) is 14.5. The first-order valence-electron chi connectivity index (χ1n) is 7.97. The zero-order valence-corrected chi connectivity index (χ0v) is 15.3. The number of carbonyl (C=O) groups excluding carboxylic acids is 1. The molecule has 0 saturated carbocycles. The first-order valence-corrected chi connectivity index (χ1v) is 9.45. The van der Waals surface area contributed by atoms with E-state index in [-0.39, 0.29) is 29.1 Å². The van der Waals surface area contributed by atoms with Crippen molar-refractivity contribution < 1.29 is 22.5 Å². The number of rotatable bonds is 5. The molecule has 0 unspecified atom stereocenters. The van der Waals surface area contributed by atoms with E-state index in [1.807, 2.05) is 13.8 Å². The third kappa shape index (κ3) is 3.59. The number of nitrogens with one attached hydrogen (secondary N) is 1. The second kappa shape index (κ2) is 6.87. The third-order valence-electron chi connectivity index (χ3n) is 3.66. The van der Waals surface area contributed by atoms with Gasteiger partial charge in [-0.15, -0.1) is 0 Å². The molecular weight excluding hydrogens is 360 g/mol. The molecule has 2 aromatic rings. The van der Waals surface area contributed by atoms with Crippen LogP contribution in [0.15, 0.2) is 38.7 Å². The van der Waals surface area contributed by atoms with E-state index in [1.165, 1.54) is 13.0 Å². The van der Waals surface area contributed by atoms with Gasteiger partial charge in [0, 0.05) is 11.5 Å². The Kier molecular flexibility index (Phi) is 4.77. The molecule has 0 bridgehead atoms. The van der Waals surface area contributed by atoms with Gasteiger partial charge in [-0.05, 0) is 19.1 Å². The number of carbonyl (C=O) groups is 1. The quantitative estimate of drug-likeness (QED) is 0.779. The van der Waals surface area contributed by atoms with Crippen molar-refractivity contribution >= 4 is 21.8 Å². The van der Waals surface area contributed by atoms with Gasteiger partial charge in [0.25, 0.3) is 15.9 Å². The highest BCUT2D eigenvalue weighted by Crippen LogP contribution is 2.22. The van der Waals surface area contributed by atoms with E-state index < -0.39 is 22.0 Å². The van der Waals surface area contributed by atoms with E-state index in [0.29, 0.717) is 11.4 Å². The predicted octanol–water partition coefficient (Wildman–Crippen LogP) is 1.36. The van der Waals surface area contributed by atoms with Crippen LogP contribution in [-0.4, -0.2) is 36.4 Å².